The van der Waals surface area contributed by atoms with Crippen LogP contribution in [0.4, 0.5) is 5.69 Å². The number of anilines is 1. The van der Waals surface area contributed by atoms with Crippen LogP contribution in [0, 0.1) is 6.92 Å². The van der Waals surface area contributed by atoms with Crippen LogP contribution in [0.15, 0.2) is 53.5 Å². The van der Waals surface area contributed by atoms with E-state index in [1.165, 1.54) is 4.57 Å². The lowest BCUT2D eigenvalue weighted by molar-refractivity contribution is 0.0606. The van der Waals surface area contributed by atoms with Crippen molar-refractivity contribution in [2.24, 2.45) is 0 Å². The fourth-order valence-corrected chi connectivity index (χ4v) is 3.19. The van der Waals surface area contributed by atoms with Gasteiger partial charge in [-0.05, 0) is 56.7 Å². The summed E-state index contributed by atoms with van der Waals surface area (Å²) < 4.78 is 1.47. The Kier molecular flexibility index (Phi) is 5.09. The highest BCUT2D eigenvalue weighted by atomic mass is 35.5. The molecule has 0 aliphatic carbocycles. The number of halogens is 1. The first-order valence-electron chi connectivity index (χ1n) is 8.58. The van der Waals surface area contributed by atoms with Gasteiger partial charge in [0.05, 0.1) is 12.1 Å². The number of carbonyl (C=O) groups is 1. The quantitative estimate of drug-likeness (QED) is 0.714. The van der Waals surface area contributed by atoms with Crippen molar-refractivity contribution in [3.05, 3.63) is 75.2 Å². The van der Waals surface area contributed by atoms with Crippen LogP contribution in [0.25, 0.3) is 10.8 Å². The highest BCUT2D eigenvalue weighted by molar-refractivity contribution is 6.32. The number of pyridine rings is 1. The summed E-state index contributed by atoms with van der Waals surface area (Å²) in [4.78, 5) is 25.4. The molecule has 0 saturated carbocycles. The lowest BCUT2D eigenvalue weighted by Gasteiger charge is -2.19. The molecule has 5 nitrogen and oxygen atoms in total. The molecule has 0 spiro atoms. The van der Waals surface area contributed by atoms with E-state index >= 15 is 0 Å². The number of nitrogens with one attached hydrogen (secondary N) is 1. The van der Waals surface area contributed by atoms with Gasteiger partial charge in [0.2, 0.25) is 0 Å². The van der Waals surface area contributed by atoms with E-state index < -0.39 is 5.60 Å². The van der Waals surface area contributed by atoms with Crippen LogP contribution in [0.5, 0.6) is 0 Å². The molecular weight excluding hydrogens is 364 g/mol. The molecule has 140 valence electrons. The second kappa shape index (κ2) is 7.18. The highest BCUT2D eigenvalue weighted by Crippen LogP contribution is 2.24. The molecule has 0 aliphatic heterocycles. The van der Waals surface area contributed by atoms with Gasteiger partial charge in [-0.25, -0.2) is 0 Å². The van der Waals surface area contributed by atoms with E-state index in [1.807, 2.05) is 0 Å². The van der Waals surface area contributed by atoms with Crippen molar-refractivity contribution in [1.29, 1.82) is 0 Å². The number of aliphatic hydroxyl groups is 1. The normalized spacial score (nSPS) is 11.6. The van der Waals surface area contributed by atoms with Crippen molar-refractivity contribution < 1.29 is 9.90 Å². The third-order valence-corrected chi connectivity index (χ3v) is 4.75. The summed E-state index contributed by atoms with van der Waals surface area (Å²) in [6, 6.07) is 12.1. The van der Waals surface area contributed by atoms with Crippen molar-refractivity contribution in [3.8, 4) is 0 Å². The van der Waals surface area contributed by atoms with Crippen LogP contribution in [0.2, 0.25) is 5.02 Å². The monoisotopic (exact) mass is 384 g/mol. The molecule has 0 atom stereocenters. The maximum atomic E-state index is 12.7. The van der Waals surface area contributed by atoms with E-state index in [9.17, 15) is 14.7 Å². The summed E-state index contributed by atoms with van der Waals surface area (Å²) >= 11 is 6.10. The number of carbonyl (C=O) groups excluding carboxylic acids is 1. The molecule has 0 unspecified atom stereocenters. The van der Waals surface area contributed by atoms with Crippen LogP contribution >= 0.6 is 11.6 Å². The van der Waals surface area contributed by atoms with Crippen LogP contribution in [-0.4, -0.2) is 21.2 Å². The smallest absolute Gasteiger partial charge is 0.258 e. The molecule has 3 aromatic rings. The van der Waals surface area contributed by atoms with E-state index in [2.05, 4.69) is 5.32 Å². The molecule has 0 bridgehead atoms. The third kappa shape index (κ3) is 4.04. The zero-order chi connectivity index (χ0) is 19.8. The van der Waals surface area contributed by atoms with E-state index in [1.54, 1.807) is 69.4 Å². The largest absolute Gasteiger partial charge is 0.389 e. The first kappa shape index (κ1) is 19.1. The van der Waals surface area contributed by atoms with Gasteiger partial charge in [-0.1, -0.05) is 23.7 Å². The van der Waals surface area contributed by atoms with Crippen molar-refractivity contribution in [2.45, 2.75) is 32.9 Å². The molecule has 0 saturated heterocycles. The molecule has 2 aromatic carbocycles. The first-order valence-corrected chi connectivity index (χ1v) is 8.96. The molecule has 2 N–H and O–H groups in total. The van der Waals surface area contributed by atoms with E-state index in [0.29, 0.717) is 32.6 Å². The van der Waals surface area contributed by atoms with E-state index in [-0.39, 0.29) is 18.0 Å². The Bertz CT molecular complexity index is 1080. The highest BCUT2D eigenvalue weighted by Gasteiger charge is 2.17. The number of aromatic nitrogens is 1. The summed E-state index contributed by atoms with van der Waals surface area (Å²) in [5.41, 5.74) is 0.501. The number of hydrogen-bond donors (Lipinski definition) is 2. The van der Waals surface area contributed by atoms with Crippen LogP contribution in [0.1, 0.15) is 29.8 Å². The topological polar surface area (TPSA) is 71.3 Å². The number of hydrogen-bond acceptors (Lipinski definition) is 3. The summed E-state index contributed by atoms with van der Waals surface area (Å²) in [5.74, 6) is -0.289. The Morgan fingerprint density at radius 2 is 1.85 bits per heavy atom. The minimum Gasteiger partial charge on any atom is -0.389 e. The van der Waals surface area contributed by atoms with Crippen molar-refractivity contribution >= 4 is 34.0 Å². The fraction of sp³-hybridized carbons (Fsp3) is 0.238. The molecule has 1 heterocycles. The molecule has 3 rings (SSSR count). The molecule has 0 fully saturated rings. The molecule has 1 amide bonds. The van der Waals surface area contributed by atoms with E-state index in [0.717, 1.165) is 0 Å². The molecule has 0 radical (unpaired) electrons. The SMILES string of the molecule is Cc1c(Cl)cccc1C(=O)Nc1cccc2c(=O)n(CC(C)(C)O)ccc12. The number of nitrogens with zero attached hydrogens (tertiary/aromatic N) is 1. The molecule has 27 heavy (non-hydrogen) atoms. The van der Waals surface area contributed by atoms with Crippen molar-refractivity contribution in [2.75, 3.05) is 5.32 Å². The lowest BCUT2D eigenvalue weighted by atomic mass is 10.1. The van der Waals surface area contributed by atoms with Gasteiger partial charge in [-0.2, -0.15) is 0 Å². The second-order valence-corrected chi connectivity index (χ2v) is 7.60. The van der Waals surface area contributed by atoms with Gasteiger partial charge in [0.1, 0.15) is 0 Å². The maximum absolute atomic E-state index is 12.7. The Morgan fingerprint density at radius 3 is 2.56 bits per heavy atom. The minimum atomic E-state index is -1.01. The third-order valence-electron chi connectivity index (χ3n) is 4.34. The van der Waals surface area contributed by atoms with Crippen molar-refractivity contribution in [1.82, 2.24) is 4.57 Å². The second-order valence-electron chi connectivity index (χ2n) is 7.19. The number of amides is 1. The fourth-order valence-electron chi connectivity index (χ4n) is 3.01. The Balaban J connectivity index is 2.01. The Hall–Kier alpha value is -2.63. The van der Waals surface area contributed by atoms with Gasteiger partial charge >= 0.3 is 0 Å². The van der Waals surface area contributed by atoms with Gasteiger partial charge in [0.25, 0.3) is 11.5 Å². The first-order chi connectivity index (χ1) is 12.7. The summed E-state index contributed by atoms with van der Waals surface area (Å²) in [6.07, 6.45) is 1.63. The van der Waals surface area contributed by atoms with Crippen LogP contribution < -0.4 is 10.9 Å². The Morgan fingerprint density at radius 1 is 1.15 bits per heavy atom. The molecule has 0 aliphatic rings. The van der Waals surface area contributed by atoms with Gasteiger partial charge in [0, 0.05) is 33.2 Å². The average Bonchev–Trinajstić information content (AvgIpc) is 2.59. The standard InChI is InChI=1S/C21H21ClN2O3/c1-13-14(6-4-8-17(13)22)19(25)23-18-9-5-7-16-15(18)10-11-24(20(16)26)12-21(2,3)27/h4-11,27H,12H2,1-3H3,(H,23,25). The van der Waals surface area contributed by atoms with Crippen molar-refractivity contribution in [3.63, 3.8) is 0 Å². The average molecular weight is 385 g/mol. The van der Waals surface area contributed by atoms with Gasteiger partial charge in [-0.3, -0.25) is 9.59 Å². The van der Waals surface area contributed by atoms with Crippen LogP contribution in [0.3, 0.4) is 0 Å². The molecular formula is C21H21ClN2O3. The van der Waals surface area contributed by atoms with Gasteiger partial charge in [0.15, 0.2) is 0 Å². The number of benzene rings is 2. The molecule has 6 heteroatoms. The zero-order valence-corrected chi connectivity index (χ0v) is 16.2. The Labute approximate surface area is 162 Å². The zero-order valence-electron chi connectivity index (χ0n) is 15.4. The summed E-state index contributed by atoms with van der Waals surface area (Å²) in [5, 5.41) is 14.5. The number of fused-ring (bicyclic) bond motifs is 1. The lowest BCUT2D eigenvalue weighted by Crippen LogP contribution is -2.32. The van der Waals surface area contributed by atoms with E-state index in [4.69, 9.17) is 11.6 Å². The predicted molar refractivity (Wildman–Crippen MR) is 109 cm³/mol. The molecule has 1 aromatic heterocycles. The maximum Gasteiger partial charge on any atom is 0.258 e. The number of rotatable bonds is 4. The predicted octanol–water partition coefficient (Wildman–Crippen LogP) is 3.99. The van der Waals surface area contributed by atoms with Crippen LogP contribution in [-0.2, 0) is 6.54 Å². The van der Waals surface area contributed by atoms with Gasteiger partial charge in [-0.15, -0.1) is 0 Å². The minimum absolute atomic E-state index is 0.181. The summed E-state index contributed by atoms with van der Waals surface area (Å²) in [7, 11) is 0. The summed E-state index contributed by atoms with van der Waals surface area (Å²) in [6.45, 7) is 5.26. The van der Waals surface area contributed by atoms with Gasteiger partial charge < -0.3 is 15.0 Å².